The van der Waals surface area contributed by atoms with E-state index < -0.39 is 11.0 Å². The van der Waals surface area contributed by atoms with Gasteiger partial charge in [0.2, 0.25) is 11.7 Å². The highest BCUT2D eigenvalue weighted by Crippen LogP contribution is 2.32. The second-order valence-corrected chi connectivity index (χ2v) is 5.76. The zero-order valence-electron chi connectivity index (χ0n) is 11.9. The van der Waals surface area contributed by atoms with Crippen molar-refractivity contribution >= 4 is 0 Å². The smallest absolute Gasteiger partial charge is 0.234 e. The lowest BCUT2D eigenvalue weighted by molar-refractivity contribution is 0.223. The van der Waals surface area contributed by atoms with E-state index in [-0.39, 0.29) is 0 Å². The molecule has 0 aliphatic carbocycles. The lowest BCUT2D eigenvalue weighted by Gasteiger charge is -2.34. The van der Waals surface area contributed by atoms with Gasteiger partial charge in [0.25, 0.3) is 0 Å². The van der Waals surface area contributed by atoms with Crippen LogP contribution in [0.3, 0.4) is 0 Å². The lowest BCUT2D eigenvalue weighted by Crippen LogP contribution is -2.50. The zero-order chi connectivity index (χ0) is 14.3. The minimum Gasteiger partial charge on any atom is -0.338 e. The van der Waals surface area contributed by atoms with E-state index in [0.717, 1.165) is 0 Å². The molecule has 2 aromatic rings. The van der Waals surface area contributed by atoms with Crippen molar-refractivity contribution in [3.63, 3.8) is 0 Å². The molecule has 0 aromatic carbocycles. The Hall–Kier alpha value is -1.82. The molecule has 0 bridgehead atoms. The van der Waals surface area contributed by atoms with E-state index in [0.29, 0.717) is 23.2 Å². The summed E-state index contributed by atoms with van der Waals surface area (Å²) in [4.78, 5) is 12.7. The monoisotopic (exact) mass is 261 g/mol. The number of hydrogen-bond donors (Lipinski definition) is 1. The molecular formula is C13H19N5O. The lowest BCUT2D eigenvalue weighted by atomic mass is 9.75. The van der Waals surface area contributed by atoms with Gasteiger partial charge in [0.15, 0.2) is 0 Å². The highest BCUT2D eigenvalue weighted by molar-refractivity contribution is 5.47. The summed E-state index contributed by atoms with van der Waals surface area (Å²) in [5.41, 5.74) is 5.91. The SMILES string of the molecule is Cc1nccc(-c2noc(C(C)(C)C(C)(C)N)n2)n1. The van der Waals surface area contributed by atoms with Crippen molar-refractivity contribution in [2.45, 2.75) is 45.6 Å². The molecule has 0 aliphatic heterocycles. The van der Waals surface area contributed by atoms with Gasteiger partial charge in [-0.05, 0) is 40.7 Å². The summed E-state index contributed by atoms with van der Waals surface area (Å²) in [6.45, 7) is 9.65. The zero-order valence-corrected chi connectivity index (χ0v) is 11.9. The van der Waals surface area contributed by atoms with Crippen molar-refractivity contribution in [1.29, 1.82) is 0 Å². The third kappa shape index (κ3) is 2.49. The summed E-state index contributed by atoms with van der Waals surface area (Å²) < 4.78 is 5.35. The van der Waals surface area contributed by atoms with Gasteiger partial charge in [-0.1, -0.05) is 5.16 Å². The Balaban J connectivity index is 2.40. The number of rotatable bonds is 3. The predicted molar refractivity (Wildman–Crippen MR) is 71.4 cm³/mol. The molecule has 0 fully saturated rings. The van der Waals surface area contributed by atoms with Gasteiger partial charge in [-0.3, -0.25) is 0 Å². The van der Waals surface area contributed by atoms with Crippen LogP contribution in [0.15, 0.2) is 16.8 Å². The second kappa shape index (κ2) is 4.38. The first-order valence-electron chi connectivity index (χ1n) is 6.15. The molecule has 0 saturated carbocycles. The first-order chi connectivity index (χ1) is 8.72. The minimum atomic E-state index is -0.474. The van der Waals surface area contributed by atoms with Crippen molar-refractivity contribution in [3.05, 3.63) is 24.0 Å². The van der Waals surface area contributed by atoms with Gasteiger partial charge in [-0.25, -0.2) is 9.97 Å². The Morgan fingerprint density at radius 2 is 1.84 bits per heavy atom. The van der Waals surface area contributed by atoms with E-state index >= 15 is 0 Å². The Kier molecular flexibility index (Phi) is 3.14. The molecule has 0 radical (unpaired) electrons. The van der Waals surface area contributed by atoms with Crippen LogP contribution in [-0.4, -0.2) is 25.6 Å². The highest BCUT2D eigenvalue weighted by Gasteiger charge is 2.40. The molecule has 0 saturated heterocycles. The van der Waals surface area contributed by atoms with Crippen molar-refractivity contribution < 1.29 is 4.52 Å². The van der Waals surface area contributed by atoms with Crippen LogP contribution in [0, 0.1) is 6.92 Å². The molecule has 19 heavy (non-hydrogen) atoms. The van der Waals surface area contributed by atoms with Crippen LogP contribution < -0.4 is 5.73 Å². The Morgan fingerprint density at radius 1 is 1.16 bits per heavy atom. The predicted octanol–water partition coefficient (Wildman–Crippen LogP) is 1.85. The van der Waals surface area contributed by atoms with Crippen LogP contribution >= 0.6 is 0 Å². The van der Waals surface area contributed by atoms with Crippen molar-refractivity contribution in [2.24, 2.45) is 5.73 Å². The molecule has 2 rings (SSSR count). The average Bonchev–Trinajstić information content (AvgIpc) is 2.77. The van der Waals surface area contributed by atoms with E-state index in [2.05, 4.69) is 20.1 Å². The molecule has 6 nitrogen and oxygen atoms in total. The van der Waals surface area contributed by atoms with Crippen LogP contribution in [0.2, 0.25) is 0 Å². The fourth-order valence-corrected chi connectivity index (χ4v) is 1.44. The number of aromatic nitrogens is 4. The van der Waals surface area contributed by atoms with Gasteiger partial charge in [0.05, 0.1) is 5.41 Å². The standard InChI is InChI=1S/C13H19N5O/c1-8-15-7-6-9(16-8)10-17-11(19-18-10)12(2,3)13(4,5)14/h6-7H,14H2,1-5H3. The molecule has 2 heterocycles. The number of nitrogens with zero attached hydrogens (tertiary/aromatic N) is 4. The molecule has 0 aliphatic rings. The van der Waals surface area contributed by atoms with Crippen molar-refractivity contribution in [2.75, 3.05) is 0 Å². The quantitative estimate of drug-likeness (QED) is 0.906. The van der Waals surface area contributed by atoms with Gasteiger partial charge in [0.1, 0.15) is 11.5 Å². The van der Waals surface area contributed by atoms with Gasteiger partial charge >= 0.3 is 0 Å². The number of hydrogen-bond acceptors (Lipinski definition) is 6. The molecule has 0 atom stereocenters. The Labute approximate surface area is 112 Å². The van der Waals surface area contributed by atoms with Gasteiger partial charge in [-0.2, -0.15) is 4.98 Å². The maximum Gasteiger partial charge on any atom is 0.234 e. The van der Waals surface area contributed by atoms with Crippen LogP contribution in [0.4, 0.5) is 0 Å². The van der Waals surface area contributed by atoms with Crippen LogP contribution in [-0.2, 0) is 5.41 Å². The normalized spacial score (nSPS) is 12.7. The fraction of sp³-hybridized carbons (Fsp3) is 0.538. The van der Waals surface area contributed by atoms with E-state index in [9.17, 15) is 0 Å². The molecule has 2 aromatic heterocycles. The van der Waals surface area contributed by atoms with E-state index in [1.54, 1.807) is 12.3 Å². The fourth-order valence-electron chi connectivity index (χ4n) is 1.44. The Morgan fingerprint density at radius 3 is 2.42 bits per heavy atom. The third-order valence-corrected chi connectivity index (χ3v) is 3.58. The third-order valence-electron chi connectivity index (χ3n) is 3.58. The van der Waals surface area contributed by atoms with Crippen LogP contribution in [0.25, 0.3) is 11.5 Å². The van der Waals surface area contributed by atoms with Crippen molar-refractivity contribution in [1.82, 2.24) is 20.1 Å². The maximum absolute atomic E-state index is 6.16. The summed E-state index contributed by atoms with van der Waals surface area (Å²) >= 11 is 0. The maximum atomic E-state index is 6.16. The largest absolute Gasteiger partial charge is 0.338 e. The van der Waals surface area contributed by atoms with Gasteiger partial charge in [-0.15, -0.1) is 0 Å². The topological polar surface area (TPSA) is 90.7 Å². The van der Waals surface area contributed by atoms with Crippen molar-refractivity contribution in [3.8, 4) is 11.5 Å². The molecule has 102 valence electrons. The molecular weight excluding hydrogens is 242 g/mol. The van der Waals surface area contributed by atoms with Gasteiger partial charge in [0, 0.05) is 11.7 Å². The highest BCUT2D eigenvalue weighted by atomic mass is 16.5. The summed E-state index contributed by atoms with van der Waals surface area (Å²) in [5, 5.41) is 3.98. The first kappa shape index (κ1) is 13.6. The first-order valence-corrected chi connectivity index (χ1v) is 6.15. The van der Waals surface area contributed by atoms with Gasteiger partial charge < -0.3 is 10.3 Å². The van der Waals surface area contributed by atoms with Crippen LogP contribution in [0.5, 0.6) is 0 Å². The number of aryl methyl sites for hydroxylation is 1. The molecule has 2 N–H and O–H groups in total. The Bertz CT molecular complexity index is 583. The van der Waals surface area contributed by atoms with E-state index in [4.69, 9.17) is 10.3 Å². The summed E-state index contributed by atoms with van der Waals surface area (Å²) in [5.74, 6) is 1.63. The molecule has 0 amide bonds. The number of nitrogens with two attached hydrogens (primary N) is 1. The van der Waals surface area contributed by atoms with E-state index in [1.165, 1.54) is 0 Å². The molecule has 6 heteroatoms. The molecule has 0 spiro atoms. The van der Waals surface area contributed by atoms with Crippen LogP contribution in [0.1, 0.15) is 39.4 Å². The summed E-state index contributed by atoms with van der Waals surface area (Å²) in [6, 6.07) is 1.75. The summed E-state index contributed by atoms with van der Waals surface area (Å²) in [6.07, 6.45) is 1.67. The average molecular weight is 261 g/mol. The van der Waals surface area contributed by atoms with E-state index in [1.807, 2.05) is 34.6 Å². The minimum absolute atomic E-state index is 0.430. The second-order valence-electron chi connectivity index (χ2n) is 5.76. The molecule has 0 unspecified atom stereocenters. The summed E-state index contributed by atoms with van der Waals surface area (Å²) in [7, 11) is 0.